The molecule has 41 heavy (non-hydrogen) atoms. The fourth-order valence-corrected chi connectivity index (χ4v) is 6.05. The van der Waals surface area contributed by atoms with E-state index in [1.54, 1.807) is 12.1 Å². The maximum absolute atomic E-state index is 13.6. The van der Waals surface area contributed by atoms with E-state index in [2.05, 4.69) is 64.2 Å². The molecule has 0 aliphatic heterocycles. The van der Waals surface area contributed by atoms with Crippen LogP contribution in [0, 0.1) is 0 Å². The van der Waals surface area contributed by atoms with Crippen molar-refractivity contribution in [2.45, 2.75) is 135 Å². The number of carboxylic acids is 1. The van der Waals surface area contributed by atoms with Crippen molar-refractivity contribution in [3.05, 3.63) is 70.8 Å². The van der Waals surface area contributed by atoms with E-state index in [0.29, 0.717) is 11.3 Å². The van der Waals surface area contributed by atoms with E-state index >= 15 is 0 Å². The highest BCUT2D eigenvalue weighted by molar-refractivity contribution is 6.25. The summed E-state index contributed by atoms with van der Waals surface area (Å²) in [7, 11) is 0. The summed E-state index contributed by atoms with van der Waals surface area (Å²) >= 11 is 0. The molecular formula is C37H53NO3. The van der Waals surface area contributed by atoms with Gasteiger partial charge in [0.25, 0.3) is 5.91 Å². The molecule has 0 saturated carbocycles. The Balaban J connectivity index is 1.69. The first-order valence-electron chi connectivity index (χ1n) is 16.1. The molecule has 1 aliphatic rings. The van der Waals surface area contributed by atoms with Crippen LogP contribution in [0.15, 0.2) is 48.5 Å². The third-order valence-corrected chi connectivity index (χ3v) is 8.95. The first-order chi connectivity index (χ1) is 19.5. The van der Waals surface area contributed by atoms with Gasteiger partial charge in [-0.3, -0.25) is 4.79 Å². The Bertz CT molecular complexity index is 1170. The SMILES string of the molecule is CCCCCCCCCCCCC/C=C(/C(=O)Nc1ccc(C(=O)O)cc1)c1ccc2c(c1)C(C)(C)CCC2(C)C. The Kier molecular flexibility index (Phi) is 12.2. The van der Waals surface area contributed by atoms with Gasteiger partial charge < -0.3 is 10.4 Å². The monoisotopic (exact) mass is 559 g/mol. The number of anilines is 1. The minimum atomic E-state index is -0.977. The van der Waals surface area contributed by atoms with Crippen LogP contribution in [-0.4, -0.2) is 17.0 Å². The minimum Gasteiger partial charge on any atom is -0.478 e. The summed E-state index contributed by atoms with van der Waals surface area (Å²) in [4.78, 5) is 24.9. The second-order valence-electron chi connectivity index (χ2n) is 13.3. The molecule has 1 amide bonds. The highest BCUT2D eigenvalue weighted by atomic mass is 16.4. The van der Waals surface area contributed by atoms with Crippen molar-refractivity contribution in [3.63, 3.8) is 0 Å². The maximum atomic E-state index is 13.6. The van der Waals surface area contributed by atoms with Gasteiger partial charge in [-0.05, 0) is 77.5 Å². The van der Waals surface area contributed by atoms with Crippen molar-refractivity contribution < 1.29 is 14.7 Å². The number of fused-ring (bicyclic) bond motifs is 1. The van der Waals surface area contributed by atoms with Gasteiger partial charge in [-0.1, -0.05) is 123 Å². The maximum Gasteiger partial charge on any atom is 0.335 e. The summed E-state index contributed by atoms with van der Waals surface area (Å²) in [6, 6.07) is 12.9. The van der Waals surface area contributed by atoms with Gasteiger partial charge in [-0.15, -0.1) is 0 Å². The lowest BCUT2D eigenvalue weighted by molar-refractivity contribution is -0.111. The summed E-state index contributed by atoms with van der Waals surface area (Å²) in [6.45, 7) is 11.5. The molecule has 0 saturated heterocycles. The first-order valence-corrected chi connectivity index (χ1v) is 16.1. The molecular weight excluding hydrogens is 506 g/mol. The molecule has 3 rings (SSSR count). The van der Waals surface area contributed by atoms with E-state index in [4.69, 9.17) is 0 Å². The van der Waals surface area contributed by atoms with Crippen molar-refractivity contribution in [2.75, 3.05) is 5.32 Å². The number of allylic oxidation sites excluding steroid dienone is 1. The molecule has 0 bridgehead atoms. The van der Waals surface area contributed by atoms with E-state index < -0.39 is 5.97 Å². The van der Waals surface area contributed by atoms with Gasteiger partial charge in [0.1, 0.15) is 0 Å². The van der Waals surface area contributed by atoms with E-state index in [0.717, 1.165) is 31.2 Å². The smallest absolute Gasteiger partial charge is 0.335 e. The van der Waals surface area contributed by atoms with Crippen molar-refractivity contribution in [1.29, 1.82) is 0 Å². The number of benzene rings is 2. The number of carbonyl (C=O) groups is 2. The van der Waals surface area contributed by atoms with Crippen LogP contribution in [0.25, 0.3) is 5.57 Å². The molecule has 0 aromatic heterocycles. The fourth-order valence-electron chi connectivity index (χ4n) is 6.05. The highest BCUT2D eigenvalue weighted by Gasteiger charge is 2.37. The molecule has 1 aliphatic carbocycles. The predicted octanol–water partition coefficient (Wildman–Crippen LogP) is 10.5. The molecule has 2 aromatic carbocycles. The quantitative estimate of drug-likeness (QED) is 0.159. The topological polar surface area (TPSA) is 66.4 Å². The fraction of sp³-hybridized carbons (Fsp3) is 0.568. The van der Waals surface area contributed by atoms with Gasteiger partial charge in [0, 0.05) is 11.3 Å². The van der Waals surface area contributed by atoms with Crippen molar-refractivity contribution in [1.82, 2.24) is 0 Å². The van der Waals surface area contributed by atoms with E-state index in [1.807, 2.05) is 0 Å². The summed E-state index contributed by atoms with van der Waals surface area (Å²) in [5.41, 5.74) is 5.35. The molecule has 0 atom stereocenters. The molecule has 0 heterocycles. The number of nitrogens with one attached hydrogen (secondary N) is 1. The zero-order valence-corrected chi connectivity index (χ0v) is 26.3. The second-order valence-corrected chi connectivity index (χ2v) is 13.3. The lowest BCUT2D eigenvalue weighted by Gasteiger charge is -2.42. The van der Waals surface area contributed by atoms with Crippen LogP contribution in [-0.2, 0) is 15.6 Å². The van der Waals surface area contributed by atoms with Crippen LogP contribution < -0.4 is 5.32 Å². The third kappa shape index (κ3) is 9.58. The number of unbranched alkanes of at least 4 members (excludes halogenated alkanes) is 11. The van der Waals surface area contributed by atoms with E-state index in [-0.39, 0.29) is 22.3 Å². The van der Waals surface area contributed by atoms with Crippen LogP contribution in [0.4, 0.5) is 5.69 Å². The van der Waals surface area contributed by atoms with Crippen LogP contribution in [0.5, 0.6) is 0 Å². The number of hydrogen-bond acceptors (Lipinski definition) is 2. The minimum absolute atomic E-state index is 0.0606. The Morgan fingerprint density at radius 2 is 1.24 bits per heavy atom. The number of carbonyl (C=O) groups excluding carboxylic acids is 1. The van der Waals surface area contributed by atoms with Gasteiger partial charge in [0.05, 0.1) is 5.56 Å². The van der Waals surface area contributed by atoms with Gasteiger partial charge in [0.2, 0.25) is 0 Å². The number of rotatable bonds is 16. The van der Waals surface area contributed by atoms with Crippen LogP contribution in [0.1, 0.15) is 152 Å². The Morgan fingerprint density at radius 3 is 1.80 bits per heavy atom. The number of amides is 1. The third-order valence-electron chi connectivity index (χ3n) is 8.95. The van der Waals surface area contributed by atoms with Crippen molar-refractivity contribution in [3.8, 4) is 0 Å². The average Bonchev–Trinajstić information content (AvgIpc) is 2.94. The van der Waals surface area contributed by atoms with E-state index in [1.165, 1.54) is 87.5 Å². The Labute approximate surface area is 249 Å². The molecule has 4 nitrogen and oxygen atoms in total. The van der Waals surface area contributed by atoms with Crippen LogP contribution >= 0.6 is 0 Å². The lowest BCUT2D eigenvalue weighted by Crippen LogP contribution is -2.34. The van der Waals surface area contributed by atoms with Crippen molar-refractivity contribution >= 4 is 23.1 Å². The van der Waals surface area contributed by atoms with Gasteiger partial charge in [0.15, 0.2) is 0 Å². The summed E-state index contributed by atoms with van der Waals surface area (Å²) in [5.74, 6) is -1.13. The van der Waals surface area contributed by atoms with Gasteiger partial charge >= 0.3 is 5.97 Å². The lowest BCUT2D eigenvalue weighted by atomic mass is 9.63. The summed E-state index contributed by atoms with van der Waals surface area (Å²) in [6.07, 6.45) is 19.5. The zero-order chi connectivity index (χ0) is 29.9. The Hall–Kier alpha value is -2.88. The largest absolute Gasteiger partial charge is 0.478 e. The number of carboxylic acid groups (broad SMARTS) is 1. The molecule has 2 aromatic rings. The second kappa shape index (κ2) is 15.4. The summed E-state index contributed by atoms with van der Waals surface area (Å²) in [5, 5.41) is 12.2. The van der Waals surface area contributed by atoms with Crippen molar-refractivity contribution in [2.24, 2.45) is 0 Å². The highest BCUT2D eigenvalue weighted by Crippen LogP contribution is 2.46. The summed E-state index contributed by atoms with van der Waals surface area (Å²) < 4.78 is 0. The number of hydrogen-bond donors (Lipinski definition) is 2. The van der Waals surface area contributed by atoms with E-state index in [9.17, 15) is 14.7 Å². The Morgan fingerprint density at radius 1 is 0.732 bits per heavy atom. The normalized spacial score (nSPS) is 15.8. The molecule has 0 spiro atoms. The molecule has 0 fully saturated rings. The molecule has 0 radical (unpaired) electrons. The average molecular weight is 560 g/mol. The molecule has 2 N–H and O–H groups in total. The predicted molar refractivity (Wildman–Crippen MR) is 173 cm³/mol. The van der Waals surface area contributed by atoms with Gasteiger partial charge in [-0.2, -0.15) is 0 Å². The van der Waals surface area contributed by atoms with Crippen LogP contribution in [0.3, 0.4) is 0 Å². The standard InChI is InChI=1S/C37H53NO3/c1-6-7-8-9-10-11-12-13-14-15-16-17-18-31(34(39)38-30-22-19-28(20-23-30)35(40)41)29-21-24-32-33(27-29)37(4,5)26-25-36(32,2)3/h18-24,27H,6-17,25-26H2,1-5H3,(H,38,39)(H,40,41)/b31-18+. The van der Waals surface area contributed by atoms with Crippen LogP contribution in [0.2, 0.25) is 0 Å². The molecule has 0 unspecified atom stereocenters. The zero-order valence-electron chi connectivity index (χ0n) is 26.3. The number of aromatic carboxylic acids is 1. The molecule has 224 valence electrons. The molecule has 4 heteroatoms. The first kappa shape index (κ1) is 32.6. The van der Waals surface area contributed by atoms with Gasteiger partial charge in [-0.25, -0.2) is 4.79 Å².